The highest BCUT2D eigenvalue weighted by atomic mass is 16.5. The molecule has 2 heteroatoms. The molecule has 2 unspecified atom stereocenters. The van der Waals surface area contributed by atoms with Crippen LogP contribution >= 0.6 is 0 Å². The fourth-order valence-corrected chi connectivity index (χ4v) is 5.34. The zero-order valence-electron chi connectivity index (χ0n) is 15.6. The second-order valence-corrected chi connectivity index (χ2v) is 7.86. The van der Waals surface area contributed by atoms with Crippen molar-refractivity contribution >= 4 is 11.3 Å². The predicted molar refractivity (Wildman–Crippen MR) is 104 cm³/mol. The van der Waals surface area contributed by atoms with E-state index in [2.05, 4.69) is 50.0 Å². The molecule has 2 heterocycles. The van der Waals surface area contributed by atoms with Crippen molar-refractivity contribution in [2.24, 2.45) is 11.8 Å². The number of ether oxygens (including phenoxy) is 1. The third kappa shape index (κ3) is 2.03. The number of hydrogen-bond acceptors (Lipinski definition) is 2. The van der Waals surface area contributed by atoms with E-state index in [4.69, 9.17) is 4.74 Å². The van der Waals surface area contributed by atoms with Crippen LogP contribution in [0, 0.1) is 11.8 Å². The molecule has 0 radical (unpaired) electrons. The van der Waals surface area contributed by atoms with Crippen LogP contribution in [0.2, 0.25) is 0 Å². The lowest BCUT2D eigenvalue weighted by Gasteiger charge is -2.31. The van der Waals surface area contributed by atoms with Gasteiger partial charge in [0.05, 0.1) is 0 Å². The van der Waals surface area contributed by atoms with Crippen molar-refractivity contribution in [1.29, 1.82) is 0 Å². The lowest BCUT2D eigenvalue weighted by Crippen LogP contribution is -2.19. The Morgan fingerprint density at radius 3 is 2.88 bits per heavy atom. The quantitative estimate of drug-likeness (QED) is 0.709. The molecule has 2 aliphatic carbocycles. The van der Waals surface area contributed by atoms with Gasteiger partial charge in [0.1, 0.15) is 11.5 Å². The molecule has 1 aromatic carbocycles. The first-order valence-corrected chi connectivity index (χ1v) is 9.94. The van der Waals surface area contributed by atoms with E-state index >= 15 is 0 Å². The first-order valence-electron chi connectivity index (χ1n) is 9.94. The number of nitrogens with zero attached hydrogens (tertiary/aromatic N) is 1. The van der Waals surface area contributed by atoms with Crippen LogP contribution in [0.4, 0.5) is 5.69 Å². The molecule has 0 N–H and O–H groups in total. The molecule has 4 aliphatic rings. The molecule has 0 spiro atoms. The molecular weight excluding hydrogens is 306 g/mol. The summed E-state index contributed by atoms with van der Waals surface area (Å²) < 4.78 is 6.69. The summed E-state index contributed by atoms with van der Waals surface area (Å²) in [5.41, 5.74) is 8.35. The SMILES string of the molecule is CCC1CCC2=C3Oc4c(ccc5c4CCN5CC)C(C)=C3C=CC21. The van der Waals surface area contributed by atoms with Gasteiger partial charge in [0, 0.05) is 41.4 Å². The third-order valence-corrected chi connectivity index (χ3v) is 6.83. The van der Waals surface area contributed by atoms with E-state index in [1.165, 1.54) is 53.0 Å². The molecule has 2 atom stereocenters. The number of anilines is 1. The highest BCUT2D eigenvalue weighted by Gasteiger charge is 2.38. The van der Waals surface area contributed by atoms with Crippen molar-refractivity contribution in [2.75, 3.05) is 18.0 Å². The molecule has 25 heavy (non-hydrogen) atoms. The van der Waals surface area contributed by atoms with Crippen molar-refractivity contribution in [2.45, 2.75) is 46.5 Å². The van der Waals surface area contributed by atoms with Crippen LogP contribution in [-0.4, -0.2) is 13.1 Å². The van der Waals surface area contributed by atoms with Gasteiger partial charge >= 0.3 is 0 Å². The van der Waals surface area contributed by atoms with E-state index in [1.54, 1.807) is 5.57 Å². The summed E-state index contributed by atoms with van der Waals surface area (Å²) >= 11 is 0. The largest absolute Gasteiger partial charge is 0.456 e. The summed E-state index contributed by atoms with van der Waals surface area (Å²) in [6.07, 6.45) is 9.66. The smallest absolute Gasteiger partial charge is 0.140 e. The highest BCUT2D eigenvalue weighted by molar-refractivity contribution is 5.84. The maximum atomic E-state index is 6.69. The summed E-state index contributed by atoms with van der Waals surface area (Å²) in [7, 11) is 0. The molecule has 0 amide bonds. The molecule has 130 valence electrons. The first-order chi connectivity index (χ1) is 12.2. The number of benzene rings is 1. The Balaban J connectivity index is 1.67. The minimum atomic E-state index is 0.599. The van der Waals surface area contributed by atoms with Crippen LogP contribution in [0.5, 0.6) is 5.75 Å². The van der Waals surface area contributed by atoms with E-state index < -0.39 is 0 Å². The molecule has 2 aliphatic heterocycles. The van der Waals surface area contributed by atoms with Gasteiger partial charge in [0.15, 0.2) is 0 Å². The standard InChI is InChI=1S/C23H27NO/c1-4-15-6-7-19-18(15)9-8-16-14(3)17-10-11-21-20(12-13-24(21)5-2)23(17)25-22(16)19/h8-11,15,18H,4-7,12-13H2,1-3H3. The molecule has 1 aromatic rings. The molecular formula is C23H27NO. The first kappa shape index (κ1) is 15.3. The molecule has 0 bridgehead atoms. The predicted octanol–water partition coefficient (Wildman–Crippen LogP) is 5.50. The maximum absolute atomic E-state index is 6.69. The Hall–Kier alpha value is -1.96. The van der Waals surface area contributed by atoms with Crippen LogP contribution in [0.25, 0.3) is 5.57 Å². The van der Waals surface area contributed by atoms with Gasteiger partial charge in [-0.05, 0) is 62.3 Å². The maximum Gasteiger partial charge on any atom is 0.140 e. The third-order valence-electron chi connectivity index (χ3n) is 6.83. The minimum Gasteiger partial charge on any atom is -0.456 e. The molecule has 0 saturated heterocycles. The molecule has 1 fully saturated rings. The number of fused-ring (bicyclic) bond motifs is 5. The molecule has 5 rings (SSSR count). The second-order valence-electron chi connectivity index (χ2n) is 7.86. The van der Waals surface area contributed by atoms with E-state index in [0.29, 0.717) is 5.92 Å². The van der Waals surface area contributed by atoms with E-state index in [-0.39, 0.29) is 0 Å². The van der Waals surface area contributed by atoms with E-state index in [1.807, 2.05) is 0 Å². The summed E-state index contributed by atoms with van der Waals surface area (Å²) in [5.74, 6) is 3.73. The van der Waals surface area contributed by atoms with E-state index in [9.17, 15) is 0 Å². The Labute approximate surface area is 150 Å². The Kier molecular flexibility index (Phi) is 3.38. The Morgan fingerprint density at radius 1 is 1.20 bits per heavy atom. The van der Waals surface area contributed by atoms with Gasteiger partial charge in [-0.25, -0.2) is 0 Å². The lowest BCUT2D eigenvalue weighted by atomic mass is 9.82. The number of hydrogen-bond donors (Lipinski definition) is 0. The number of rotatable bonds is 2. The fourth-order valence-electron chi connectivity index (χ4n) is 5.34. The molecule has 2 nitrogen and oxygen atoms in total. The monoisotopic (exact) mass is 333 g/mol. The van der Waals surface area contributed by atoms with Gasteiger partial charge in [-0.15, -0.1) is 0 Å². The van der Waals surface area contributed by atoms with Gasteiger partial charge < -0.3 is 9.64 Å². The average molecular weight is 333 g/mol. The zero-order chi connectivity index (χ0) is 17.1. The molecule has 0 aromatic heterocycles. The topological polar surface area (TPSA) is 12.5 Å². The Bertz CT molecular complexity index is 842. The van der Waals surface area contributed by atoms with Crippen molar-refractivity contribution in [3.63, 3.8) is 0 Å². The average Bonchev–Trinajstić information content (AvgIpc) is 3.25. The second kappa shape index (κ2) is 5.52. The molecule has 1 saturated carbocycles. The highest BCUT2D eigenvalue weighted by Crippen LogP contribution is 2.51. The zero-order valence-corrected chi connectivity index (χ0v) is 15.6. The lowest BCUT2D eigenvalue weighted by molar-refractivity contribution is 0.403. The van der Waals surface area contributed by atoms with Crippen LogP contribution in [0.1, 0.15) is 51.2 Å². The van der Waals surface area contributed by atoms with Crippen LogP contribution < -0.4 is 9.64 Å². The van der Waals surface area contributed by atoms with E-state index in [0.717, 1.165) is 31.2 Å². The van der Waals surface area contributed by atoms with Gasteiger partial charge in [0.25, 0.3) is 0 Å². The Morgan fingerprint density at radius 2 is 2.08 bits per heavy atom. The van der Waals surface area contributed by atoms with Gasteiger partial charge in [0.2, 0.25) is 0 Å². The van der Waals surface area contributed by atoms with Crippen molar-refractivity contribution in [3.8, 4) is 5.75 Å². The van der Waals surface area contributed by atoms with Gasteiger partial charge in [-0.3, -0.25) is 0 Å². The van der Waals surface area contributed by atoms with Gasteiger partial charge in [-0.1, -0.05) is 25.5 Å². The number of allylic oxidation sites excluding steroid dienone is 4. The van der Waals surface area contributed by atoms with Crippen LogP contribution in [0.15, 0.2) is 41.2 Å². The summed E-state index contributed by atoms with van der Waals surface area (Å²) in [5, 5.41) is 0. The van der Waals surface area contributed by atoms with Crippen molar-refractivity contribution in [1.82, 2.24) is 0 Å². The van der Waals surface area contributed by atoms with Crippen LogP contribution in [0.3, 0.4) is 0 Å². The minimum absolute atomic E-state index is 0.599. The summed E-state index contributed by atoms with van der Waals surface area (Å²) in [6.45, 7) is 9.03. The van der Waals surface area contributed by atoms with Gasteiger partial charge in [-0.2, -0.15) is 0 Å². The normalized spacial score (nSPS) is 26.4. The fraction of sp³-hybridized carbons (Fsp3) is 0.478. The van der Waals surface area contributed by atoms with Crippen LogP contribution in [-0.2, 0) is 6.42 Å². The number of likely N-dealkylation sites (N-methyl/N-ethyl adjacent to an activating group) is 1. The van der Waals surface area contributed by atoms with Crippen molar-refractivity contribution < 1.29 is 4.74 Å². The summed E-state index contributed by atoms with van der Waals surface area (Å²) in [6, 6.07) is 4.57. The van der Waals surface area contributed by atoms with Crippen molar-refractivity contribution in [3.05, 3.63) is 52.3 Å². The summed E-state index contributed by atoms with van der Waals surface area (Å²) in [4.78, 5) is 2.47.